The molecule has 3 heteroatoms. The van der Waals surface area contributed by atoms with Crippen molar-refractivity contribution in [2.75, 3.05) is 13.2 Å². The van der Waals surface area contributed by atoms with E-state index >= 15 is 0 Å². The van der Waals surface area contributed by atoms with Gasteiger partial charge in [-0.15, -0.1) is 0 Å². The van der Waals surface area contributed by atoms with Crippen LogP contribution in [0.4, 0.5) is 0 Å². The standard InChI is InChI=1S/C14H22N2O/c1-14(2)12(7-10-17)6-9-16(14)11-13-5-3-4-8-15-13/h3-5,8,12,17H,6-7,9-11H2,1-2H3. The molecule has 0 bridgehead atoms. The van der Waals surface area contributed by atoms with Crippen LogP contribution < -0.4 is 0 Å². The Hall–Kier alpha value is -0.930. The van der Waals surface area contributed by atoms with Crippen molar-refractivity contribution >= 4 is 0 Å². The molecule has 1 atom stereocenters. The smallest absolute Gasteiger partial charge is 0.0544 e. The zero-order valence-corrected chi connectivity index (χ0v) is 10.8. The molecule has 1 saturated heterocycles. The normalized spacial score (nSPS) is 24.1. The number of aliphatic hydroxyl groups excluding tert-OH is 1. The molecule has 3 nitrogen and oxygen atoms in total. The second-order valence-corrected chi connectivity index (χ2v) is 5.39. The maximum Gasteiger partial charge on any atom is 0.0544 e. The number of aromatic nitrogens is 1. The van der Waals surface area contributed by atoms with Gasteiger partial charge in [-0.05, 0) is 51.3 Å². The Morgan fingerprint density at radius 3 is 2.94 bits per heavy atom. The molecule has 1 N–H and O–H groups in total. The lowest BCUT2D eigenvalue weighted by atomic mass is 9.86. The molecule has 1 unspecified atom stereocenters. The van der Waals surface area contributed by atoms with Crippen molar-refractivity contribution < 1.29 is 5.11 Å². The van der Waals surface area contributed by atoms with Gasteiger partial charge in [0.1, 0.15) is 0 Å². The SMILES string of the molecule is CC1(C)C(CCO)CCN1Cc1ccccn1. The second-order valence-electron chi connectivity index (χ2n) is 5.39. The second kappa shape index (κ2) is 5.15. The minimum Gasteiger partial charge on any atom is -0.396 e. The summed E-state index contributed by atoms with van der Waals surface area (Å²) in [5.41, 5.74) is 1.30. The maximum absolute atomic E-state index is 9.10. The Balaban J connectivity index is 2.03. The molecular weight excluding hydrogens is 212 g/mol. The van der Waals surface area contributed by atoms with E-state index in [0.29, 0.717) is 12.5 Å². The Kier molecular flexibility index (Phi) is 3.79. The van der Waals surface area contributed by atoms with E-state index in [0.717, 1.165) is 25.2 Å². The number of likely N-dealkylation sites (tertiary alicyclic amines) is 1. The number of nitrogens with zero attached hydrogens (tertiary/aromatic N) is 2. The van der Waals surface area contributed by atoms with Crippen LogP contribution in [0.2, 0.25) is 0 Å². The first-order valence-electron chi connectivity index (χ1n) is 6.40. The molecule has 1 aromatic rings. The van der Waals surface area contributed by atoms with Crippen LogP contribution >= 0.6 is 0 Å². The quantitative estimate of drug-likeness (QED) is 0.866. The average Bonchev–Trinajstić information content (AvgIpc) is 2.58. The summed E-state index contributed by atoms with van der Waals surface area (Å²) in [6, 6.07) is 6.07. The van der Waals surface area contributed by atoms with Crippen molar-refractivity contribution in [1.29, 1.82) is 0 Å². The number of hydrogen-bond donors (Lipinski definition) is 1. The summed E-state index contributed by atoms with van der Waals surface area (Å²) >= 11 is 0. The molecule has 1 aliphatic rings. The van der Waals surface area contributed by atoms with Gasteiger partial charge in [-0.2, -0.15) is 0 Å². The molecule has 1 aromatic heterocycles. The fourth-order valence-electron chi connectivity index (χ4n) is 2.83. The molecule has 0 radical (unpaired) electrons. The largest absolute Gasteiger partial charge is 0.396 e. The van der Waals surface area contributed by atoms with Crippen molar-refractivity contribution in [1.82, 2.24) is 9.88 Å². The van der Waals surface area contributed by atoms with Crippen LogP contribution in [0.15, 0.2) is 24.4 Å². The molecular formula is C14H22N2O. The Morgan fingerprint density at radius 1 is 1.47 bits per heavy atom. The molecule has 2 heterocycles. The monoisotopic (exact) mass is 234 g/mol. The summed E-state index contributed by atoms with van der Waals surface area (Å²) in [6.45, 7) is 6.88. The highest BCUT2D eigenvalue weighted by molar-refractivity contribution is 5.06. The Labute approximate surface area is 103 Å². The number of hydrogen-bond acceptors (Lipinski definition) is 3. The van der Waals surface area contributed by atoms with Crippen molar-refractivity contribution in [3.8, 4) is 0 Å². The molecule has 0 saturated carbocycles. The van der Waals surface area contributed by atoms with E-state index in [4.69, 9.17) is 5.11 Å². The Bertz CT molecular complexity index is 350. The van der Waals surface area contributed by atoms with Gasteiger partial charge in [0.05, 0.1) is 5.69 Å². The van der Waals surface area contributed by atoms with Gasteiger partial charge in [-0.25, -0.2) is 0 Å². The summed E-state index contributed by atoms with van der Waals surface area (Å²) in [7, 11) is 0. The summed E-state index contributed by atoms with van der Waals surface area (Å²) in [5, 5.41) is 9.10. The number of aliphatic hydroxyl groups is 1. The van der Waals surface area contributed by atoms with Gasteiger partial charge in [-0.3, -0.25) is 9.88 Å². The van der Waals surface area contributed by atoms with Crippen LogP contribution in [0.1, 0.15) is 32.4 Å². The first-order chi connectivity index (χ1) is 8.14. The van der Waals surface area contributed by atoms with Gasteiger partial charge in [0, 0.05) is 24.9 Å². The lowest BCUT2D eigenvalue weighted by Gasteiger charge is -2.35. The summed E-state index contributed by atoms with van der Waals surface area (Å²) in [5.74, 6) is 0.594. The van der Waals surface area contributed by atoms with Crippen LogP contribution in [0.3, 0.4) is 0 Å². The van der Waals surface area contributed by atoms with Crippen LogP contribution in [0.5, 0.6) is 0 Å². The highest BCUT2D eigenvalue weighted by Gasteiger charge is 2.40. The van der Waals surface area contributed by atoms with Gasteiger partial charge in [-0.1, -0.05) is 6.07 Å². The fourth-order valence-corrected chi connectivity index (χ4v) is 2.83. The van der Waals surface area contributed by atoms with Crippen LogP contribution in [0, 0.1) is 5.92 Å². The van der Waals surface area contributed by atoms with Gasteiger partial charge >= 0.3 is 0 Å². The lowest BCUT2D eigenvalue weighted by Crippen LogP contribution is -2.42. The van der Waals surface area contributed by atoms with Gasteiger partial charge in [0.25, 0.3) is 0 Å². The minimum atomic E-state index is 0.167. The Morgan fingerprint density at radius 2 is 2.29 bits per heavy atom. The van der Waals surface area contributed by atoms with Gasteiger partial charge < -0.3 is 5.11 Å². The van der Waals surface area contributed by atoms with Crippen LogP contribution in [0.25, 0.3) is 0 Å². The summed E-state index contributed by atoms with van der Waals surface area (Å²) < 4.78 is 0. The van der Waals surface area contributed by atoms with E-state index in [2.05, 4.69) is 29.8 Å². The van der Waals surface area contributed by atoms with Crippen LogP contribution in [-0.4, -0.2) is 33.7 Å². The lowest BCUT2D eigenvalue weighted by molar-refractivity contribution is 0.113. The van der Waals surface area contributed by atoms with E-state index < -0.39 is 0 Å². The molecule has 1 aliphatic heterocycles. The van der Waals surface area contributed by atoms with Crippen molar-refractivity contribution in [2.24, 2.45) is 5.92 Å². The summed E-state index contributed by atoms with van der Waals surface area (Å²) in [4.78, 5) is 6.87. The van der Waals surface area contributed by atoms with E-state index in [1.165, 1.54) is 6.42 Å². The molecule has 0 spiro atoms. The van der Waals surface area contributed by atoms with Gasteiger partial charge in [0.15, 0.2) is 0 Å². The third-order valence-electron chi connectivity index (χ3n) is 4.12. The highest BCUT2D eigenvalue weighted by atomic mass is 16.3. The predicted octanol–water partition coefficient (Wildman–Crippen LogP) is 2.06. The van der Waals surface area contributed by atoms with E-state index in [-0.39, 0.29) is 5.54 Å². The minimum absolute atomic E-state index is 0.167. The van der Waals surface area contributed by atoms with Crippen LogP contribution in [-0.2, 0) is 6.54 Å². The molecule has 2 rings (SSSR count). The van der Waals surface area contributed by atoms with Crippen molar-refractivity contribution in [3.05, 3.63) is 30.1 Å². The van der Waals surface area contributed by atoms with Crippen molar-refractivity contribution in [3.63, 3.8) is 0 Å². The van der Waals surface area contributed by atoms with Gasteiger partial charge in [0.2, 0.25) is 0 Å². The van der Waals surface area contributed by atoms with E-state index in [1.807, 2.05) is 18.3 Å². The summed E-state index contributed by atoms with van der Waals surface area (Å²) in [6.07, 6.45) is 3.94. The molecule has 0 aromatic carbocycles. The first-order valence-corrected chi connectivity index (χ1v) is 6.40. The third-order valence-corrected chi connectivity index (χ3v) is 4.12. The number of rotatable bonds is 4. The molecule has 0 aliphatic carbocycles. The van der Waals surface area contributed by atoms with E-state index in [9.17, 15) is 0 Å². The average molecular weight is 234 g/mol. The topological polar surface area (TPSA) is 36.4 Å². The van der Waals surface area contributed by atoms with Crippen molar-refractivity contribution in [2.45, 2.75) is 38.8 Å². The van der Waals surface area contributed by atoms with E-state index in [1.54, 1.807) is 0 Å². The molecule has 94 valence electrons. The fraction of sp³-hybridized carbons (Fsp3) is 0.643. The molecule has 0 amide bonds. The zero-order valence-electron chi connectivity index (χ0n) is 10.8. The predicted molar refractivity (Wildman–Crippen MR) is 68.5 cm³/mol. The molecule has 17 heavy (non-hydrogen) atoms. The zero-order chi connectivity index (χ0) is 12.3. The highest BCUT2D eigenvalue weighted by Crippen LogP contribution is 2.37. The molecule has 1 fully saturated rings. The number of pyridine rings is 1. The first kappa shape index (κ1) is 12.5. The maximum atomic E-state index is 9.10. The third kappa shape index (κ3) is 2.67.